The van der Waals surface area contributed by atoms with Gasteiger partial charge < -0.3 is 4.74 Å². The fourth-order valence-electron chi connectivity index (χ4n) is 0.953. The molecule has 1 aromatic carbocycles. The van der Waals surface area contributed by atoms with Crippen LogP contribution in [0.2, 0.25) is 5.02 Å². The molecule has 76 valence electrons. The molecule has 0 saturated heterocycles. The van der Waals surface area contributed by atoms with Gasteiger partial charge in [0.25, 0.3) is 5.91 Å². The van der Waals surface area contributed by atoms with Crippen LogP contribution in [0.3, 0.4) is 0 Å². The SMILES string of the molecule is CONC(=O)c1cc(OC)ccc1Cl. The highest BCUT2D eigenvalue weighted by atomic mass is 35.5. The molecular weight excluding hydrogens is 206 g/mol. The molecule has 1 amide bonds. The van der Waals surface area contributed by atoms with Crippen LogP contribution < -0.4 is 10.2 Å². The summed E-state index contributed by atoms with van der Waals surface area (Å²) in [6, 6.07) is 4.80. The van der Waals surface area contributed by atoms with E-state index in [0.29, 0.717) is 16.3 Å². The fraction of sp³-hybridized carbons (Fsp3) is 0.222. The molecule has 0 unspecified atom stereocenters. The minimum absolute atomic E-state index is 0.313. The Morgan fingerprint density at radius 3 is 2.71 bits per heavy atom. The Bertz CT molecular complexity index is 341. The van der Waals surface area contributed by atoms with E-state index in [-0.39, 0.29) is 0 Å². The number of methoxy groups -OCH3 is 1. The van der Waals surface area contributed by atoms with Crippen molar-refractivity contribution in [3.8, 4) is 5.75 Å². The summed E-state index contributed by atoms with van der Waals surface area (Å²) >= 11 is 5.81. The van der Waals surface area contributed by atoms with Crippen molar-refractivity contribution in [3.63, 3.8) is 0 Å². The third-order valence-corrected chi connectivity index (χ3v) is 1.94. The Morgan fingerprint density at radius 2 is 2.14 bits per heavy atom. The molecule has 0 saturated carbocycles. The number of nitrogens with one attached hydrogen (secondary N) is 1. The normalized spacial score (nSPS) is 9.64. The molecule has 0 atom stereocenters. The number of hydroxylamine groups is 1. The molecule has 0 heterocycles. The lowest BCUT2D eigenvalue weighted by atomic mass is 10.2. The van der Waals surface area contributed by atoms with Crippen molar-refractivity contribution < 1.29 is 14.4 Å². The molecule has 14 heavy (non-hydrogen) atoms. The zero-order chi connectivity index (χ0) is 10.6. The topological polar surface area (TPSA) is 47.6 Å². The zero-order valence-electron chi connectivity index (χ0n) is 7.83. The van der Waals surface area contributed by atoms with Crippen molar-refractivity contribution in [2.24, 2.45) is 0 Å². The number of rotatable bonds is 3. The van der Waals surface area contributed by atoms with E-state index < -0.39 is 5.91 Å². The van der Waals surface area contributed by atoms with Gasteiger partial charge in [0.05, 0.1) is 24.8 Å². The molecule has 0 aliphatic rings. The number of hydrogen-bond acceptors (Lipinski definition) is 3. The zero-order valence-corrected chi connectivity index (χ0v) is 8.59. The third kappa shape index (κ3) is 2.37. The number of halogens is 1. The van der Waals surface area contributed by atoms with Crippen LogP contribution in [0.25, 0.3) is 0 Å². The quantitative estimate of drug-likeness (QED) is 0.780. The molecule has 0 fully saturated rings. The Balaban J connectivity index is 2.99. The van der Waals surface area contributed by atoms with Crippen LogP contribution in [-0.2, 0) is 4.84 Å². The molecule has 4 nitrogen and oxygen atoms in total. The van der Waals surface area contributed by atoms with Gasteiger partial charge in [0.1, 0.15) is 5.75 Å². The van der Waals surface area contributed by atoms with Crippen LogP contribution in [0.4, 0.5) is 0 Å². The predicted octanol–water partition coefficient (Wildman–Crippen LogP) is 1.64. The second-order valence-electron chi connectivity index (χ2n) is 2.48. The first kappa shape index (κ1) is 10.8. The first-order valence-corrected chi connectivity index (χ1v) is 4.23. The summed E-state index contributed by atoms with van der Waals surface area (Å²) in [6.45, 7) is 0. The van der Waals surface area contributed by atoms with Gasteiger partial charge in [-0.1, -0.05) is 11.6 Å². The molecule has 0 bridgehead atoms. The number of carbonyl (C=O) groups excluding carboxylic acids is 1. The summed E-state index contributed by atoms with van der Waals surface area (Å²) in [7, 11) is 2.87. The van der Waals surface area contributed by atoms with E-state index in [1.807, 2.05) is 0 Å². The van der Waals surface area contributed by atoms with Crippen LogP contribution in [0.15, 0.2) is 18.2 Å². The molecule has 5 heteroatoms. The molecule has 1 aromatic rings. The van der Waals surface area contributed by atoms with Gasteiger partial charge in [-0.15, -0.1) is 0 Å². The minimum atomic E-state index is -0.406. The lowest BCUT2D eigenvalue weighted by molar-refractivity contribution is 0.0537. The standard InChI is InChI=1S/C9H10ClNO3/c1-13-6-3-4-8(10)7(5-6)9(12)11-14-2/h3-5H,1-2H3,(H,11,12). The van der Waals surface area contributed by atoms with Crippen molar-refractivity contribution in [2.45, 2.75) is 0 Å². The predicted molar refractivity (Wildman–Crippen MR) is 52.5 cm³/mol. The highest BCUT2D eigenvalue weighted by Crippen LogP contribution is 2.21. The second-order valence-corrected chi connectivity index (χ2v) is 2.89. The Hall–Kier alpha value is -1.26. The average Bonchev–Trinajstić information content (AvgIpc) is 2.19. The molecule has 0 aromatic heterocycles. The van der Waals surface area contributed by atoms with Crippen molar-refractivity contribution in [1.82, 2.24) is 5.48 Å². The minimum Gasteiger partial charge on any atom is -0.497 e. The maximum absolute atomic E-state index is 11.4. The summed E-state index contributed by atoms with van der Waals surface area (Å²) in [5, 5.41) is 0.348. The highest BCUT2D eigenvalue weighted by molar-refractivity contribution is 6.33. The van der Waals surface area contributed by atoms with Crippen LogP contribution in [0, 0.1) is 0 Å². The highest BCUT2D eigenvalue weighted by Gasteiger charge is 2.10. The first-order chi connectivity index (χ1) is 6.69. The maximum atomic E-state index is 11.4. The van der Waals surface area contributed by atoms with E-state index >= 15 is 0 Å². The molecule has 0 aliphatic carbocycles. The van der Waals surface area contributed by atoms with Gasteiger partial charge in [-0.2, -0.15) is 0 Å². The first-order valence-electron chi connectivity index (χ1n) is 3.86. The number of hydrogen-bond donors (Lipinski definition) is 1. The van der Waals surface area contributed by atoms with E-state index in [9.17, 15) is 4.79 Å². The van der Waals surface area contributed by atoms with Gasteiger partial charge in [-0.25, -0.2) is 5.48 Å². The summed E-state index contributed by atoms with van der Waals surface area (Å²) in [6.07, 6.45) is 0. The van der Waals surface area contributed by atoms with Crippen LogP contribution in [0.5, 0.6) is 5.75 Å². The van der Waals surface area contributed by atoms with Gasteiger partial charge in [0.15, 0.2) is 0 Å². The van der Waals surface area contributed by atoms with E-state index in [1.165, 1.54) is 20.3 Å². The van der Waals surface area contributed by atoms with E-state index in [0.717, 1.165) is 0 Å². The summed E-state index contributed by atoms with van der Waals surface area (Å²) in [5.41, 5.74) is 2.49. The van der Waals surface area contributed by atoms with Crippen molar-refractivity contribution in [1.29, 1.82) is 0 Å². The number of benzene rings is 1. The van der Waals surface area contributed by atoms with Crippen LogP contribution in [0.1, 0.15) is 10.4 Å². The Labute approximate surface area is 86.7 Å². The average molecular weight is 216 g/mol. The molecule has 1 N–H and O–H groups in total. The summed E-state index contributed by atoms with van der Waals surface area (Å²) in [4.78, 5) is 15.8. The van der Waals surface area contributed by atoms with Crippen LogP contribution >= 0.6 is 11.6 Å². The lowest BCUT2D eigenvalue weighted by Gasteiger charge is -2.06. The second kappa shape index (κ2) is 4.83. The molecule has 0 spiro atoms. The Morgan fingerprint density at radius 1 is 1.43 bits per heavy atom. The largest absolute Gasteiger partial charge is 0.497 e. The smallest absolute Gasteiger partial charge is 0.276 e. The number of amides is 1. The van der Waals surface area contributed by atoms with Crippen molar-refractivity contribution >= 4 is 17.5 Å². The van der Waals surface area contributed by atoms with E-state index in [4.69, 9.17) is 16.3 Å². The van der Waals surface area contributed by atoms with Gasteiger partial charge in [0.2, 0.25) is 0 Å². The summed E-state index contributed by atoms with van der Waals surface area (Å²) in [5.74, 6) is 0.159. The van der Waals surface area contributed by atoms with Gasteiger partial charge in [-0.3, -0.25) is 9.63 Å². The third-order valence-electron chi connectivity index (χ3n) is 1.61. The van der Waals surface area contributed by atoms with Crippen molar-refractivity contribution in [3.05, 3.63) is 28.8 Å². The molecule has 0 aliphatic heterocycles. The van der Waals surface area contributed by atoms with Crippen LogP contribution in [-0.4, -0.2) is 20.1 Å². The van der Waals surface area contributed by atoms with E-state index in [1.54, 1.807) is 12.1 Å². The van der Waals surface area contributed by atoms with E-state index in [2.05, 4.69) is 10.3 Å². The Kier molecular flexibility index (Phi) is 3.73. The lowest BCUT2D eigenvalue weighted by Crippen LogP contribution is -2.22. The number of carbonyl (C=O) groups is 1. The van der Waals surface area contributed by atoms with Gasteiger partial charge >= 0.3 is 0 Å². The maximum Gasteiger partial charge on any atom is 0.276 e. The van der Waals surface area contributed by atoms with Gasteiger partial charge in [0, 0.05) is 0 Å². The molecule has 0 radical (unpaired) electrons. The van der Waals surface area contributed by atoms with Crippen molar-refractivity contribution in [2.75, 3.05) is 14.2 Å². The number of ether oxygens (including phenoxy) is 1. The molecule has 1 rings (SSSR count). The fourth-order valence-corrected chi connectivity index (χ4v) is 1.16. The summed E-state index contributed by atoms with van der Waals surface area (Å²) < 4.78 is 4.96. The van der Waals surface area contributed by atoms with Gasteiger partial charge in [-0.05, 0) is 18.2 Å². The monoisotopic (exact) mass is 215 g/mol. The molecular formula is C9H10ClNO3.